The van der Waals surface area contributed by atoms with Crippen molar-refractivity contribution in [3.8, 4) is 0 Å². The maximum atomic E-state index is 13.0. The SMILES string of the molecule is O=CC(=O)c1cccc(Br)c1F. The van der Waals surface area contributed by atoms with E-state index in [-0.39, 0.29) is 16.3 Å². The number of carbonyl (C=O) groups is 2. The molecular weight excluding hydrogens is 227 g/mol. The van der Waals surface area contributed by atoms with Crippen LogP contribution in [0.15, 0.2) is 22.7 Å². The molecule has 0 aliphatic rings. The van der Waals surface area contributed by atoms with Crippen LogP contribution in [-0.2, 0) is 4.79 Å². The number of Topliss-reactive ketones (excluding diaryl/α,β-unsaturated/α-hetero) is 1. The second kappa shape index (κ2) is 3.58. The van der Waals surface area contributed by atoms with Crippen LogP contribution in [-0.4, -0.2) is 12.1 Å². The quantitative estimate of drug-likeness (QED) is 0.443. The average molecular weight is 231 g/mol. The van der Waals surface area contributed by atoms with Gasteiger partial charge in [-0.1, -0.05) is 6.07 Å². The lowest BCUT2D eigenvalue weighted by molar-refractivity contribution is -0.104. The van der Waals surface area contributed by atoms with E-state index in [1.807, 2.05) is 0 Å². The molecular formula is C8H4BrFO2. The molecule has 0 saturated carbocycles. The fourth-order valence-corrected chi connectivity index (χ4v) is 1.12. The lowest BCUT2D eigenvalue weighted by Gasteiger charge is -1.97. The largest absolute Gasteiger partial charge is 0.294 e. The van der Waals surface area contributed by atoms with Crippen LogP contribution in [0.5, 0.6) is 0 Å². The zero-order chi connectivity index (χ0) is 9.14. The van der Waals surface area contributed by atoms with Crippen LogP contribution >= 0.6 is 15.9 Å². The summed E-state index contributed by atoms with van der Waals surface area (Å²) in [5.41, 5.74) is -0.209. The van der Waals surface area contributed by atoms with E-state index in [0.29, 0.717) is 0 Å². The Hall–Kier alpha value is -1.03. The van der Waals surface area contributed by atoms with Crippen molar-refractivity contribution in [3.05, 3.63) is 34.1 Å². The number of benzene rings is 1. The van der Waals surface area contributed by atoms with Crippen molar-refractivity contribution in [2.45, 2.75) is 0 Å². The topological polar surface area (TPSA) is 34.1 Å². The van der Waals surface area contributed by atoms with Crippen LogP contribution in [0.4, 0.5) is 4.39 Å². The molecule has 0 radical (unpaired) electrons. The highest BCUT2D eigenvalue weighted by Gasteiger charge is 2.11. The van der Waals surface area contributed by atoms with Gasteiger partial charge in [-0.2, -0.15) is 0 Å². The molecule has 0 heterocycles. The molecule has 2 nitrogen and oxygen atoms in total. The van der Waals surface area contributed by atoms with E-state index in [1.165, 1.54) is 18.2 Å². The summed E-state index contributed by atoms with van der Waals surface area (Å²) >= 11 is 2.90. The van der Waals surface area contributed by atoms with Gasteiger partial charge in [0, 0.05) is 0 Å². The van der Waals surface area contributed by atoms with Gasteiger partial charge in [-0.3, -0.25) is 9.59 Å². The predicted molar refractivity (Wildman–Crippen MR) is 44.5 cm³/mol. The summed E-state index contributed by atoms with van der Waals surface area (Å²) < 4.78 is 13.2. The third kappa shape index (κ3) is 1.58. The first-order valence-corrected chi connectivity index (χ1v) is 3.89. The zero-order valence-electron chi connectivity index (χ0n) is 5.88. The smallest absolute Gasteiger partial charge is 0.228 e. The van der Waals surface area contributed by atoms with E-state index in [2.05, 4.69) is 15.9 Å². The molecule has 4 heteroatoms. The van der Waals surface area contributed by atoms with Gasteiger partial charge < -0.3 is 0 Å². The fraction of sp³-hybridized carbons (Fsp3) is 0. The van der Waals surface area contributed by atoms with Crippen molar-refractivity contribution in [3.63, 3.8) is 0 Å². The van der Waals surface area contributed by atoms with Crippen molar-refractivity contribution in [1.29, 1.82) is 0 Å². The molecule has 1 rings (SSSR count). The van der Waals surface area contributed by atoms with Gasteiger partial charge in [-0.25, -0.2) is 4.39 Å². The second-order valence-electron chi connectivity index (χ2n) is 2.08. The molecule has 12 heavy (non-hydrogen) atoms. The number of rotatable bonds is 2. The first-order valence-electron chi connectivity index (χ1n) is 3.10. The maximum absolute atomic E-state index is 13.0. The summed E-state index contributed by atoms with van der Waals surface area (Å²) in [5, 5.41) is 0. The highest BCUT2D eigenvalue weighted by atomic mass is 79.9. The molecule has 0 fully saturated rings. The first-order chi connectivity index (χ1) is 5.66. The van der Waals surface area contributed by atoms with Crippen LogP contribution in [0.1, 0.15) is 10.4 Å². The fourth-order valence-electron chi connectivity index (χ4n) is 0.758. The standard InChI is InChI=1S/C8H4BrFO2/c9-6-3-1-2-5(8(6)10)7(12)4-11/h1-4H. The molecule has 0 N–H and O–H groups in total. The van der Waals surface area contributed by atoms with Crippen LogP contribution in [0.25, 0.3) is 0 Å². The monoisotopic (exact) mass is 230 g/mol. The van der Waals surface area contributed by atoms with E-state index in [4.69, 9.17) is 0 Å². The minimum absolute atomic E-state index is 0.0881. The molecule has 0 unspecified atom stereocenters. The number of aldehydes is 1. The van der Waals surface area contributed by atoms with Gasteiger partial charge in [0.2, 0.25) is 5.78 Å². The van der Waals surface area contributed by atoms with Crippen LogP contribution in [0.2, 0.25) is 0 Å². The molecule has 0 spiro atoms. The summed E-state index contributed by atoms with van der Waals surface area (Å²) in [6.07, 6.45) is 0.0881. The van der Waals surface area contributed by atoms with Crippen molar-refractivity contribution in [2.75, 3.05) is 0 Å². The Bertz CT molecular complexity index is 336. The highest BCUT2D eigenvalue weighted by Crippen LogP contribution is 2.18. The van der Waals surface area contributed by atoms with Gasteiger partial charge in [-0.05, 0) is 28.1 Å². The van der Waals surface area contributed by atoms with Crippen molar-refractivity contribution in [2.24, 2.45) is 0 Å². The van der Waals surface area contributed by atoms with Gasteiger partial charge in [-0.15, -0.1) is 0 Å². The Labute approximate surface area is 76.5 Å². The van der Waals surface area contributed by atoms with E-state index in [9.17, 15) is 14.0 Å². The van der Waals surface area contributed by atoms with Gasteiger partial charge in [0.1, 0.15) is 5.82 Å². The Morgan fingerprint density at radius 1 is 1.50 bits per heavy atom. The molecule has 0 aromatic heterocycles. The maximum Gasteiger partial charge on any atom is 0.228 e. The minimum atomic E-state index is -0.853. The van der Waals surface area contributed by atoms with E-state index in [1.54, 1.807) is 0 Å². The summed E-state index contributed by atoms with van der Waals surface area (Å²) in [6.45, 7) is 0. The Morgan fingerprint density at radius 2 is 2.17 bits per heavy atom. The second-order valence-corrected chi connectivity index (χ2v) is 2.94. The van der Waals surface area contributed by atoms with Crippen molar-refractivity contribution >= 4 is 28.0 Å². The van der Waals surface area contributed by atoms with Gasteiger partial charge in [0.25, 0.3) is 0 Å². The number of hydrogen-bond acceptors (Lipinski definition) is 2. The average Bonchev–Trinajstić information content (AvgIpc) is 2.08. The van der Waals surface area contributed by atoms with Gasteiger partial charge >= 0.3 is 0 Å². The summed E-state index contributed by atoms with van der Waals surface area (Å²) in [4.78, 5) is 20.8. The molecule has 62 valence electrons. The molecule has 0 aliphatic heterocycles. The lowest BCUT2D eigenvalue weighted by atomic mass is 10.1. The van der Waals surface area contributed by atoms with E-state index < -0.39 is 11.6 Å². The molecule has 0 saturated heterocycles. The van der Waals surface area contributed by atoms with Crippen LogP contribution < -0.4 is 0 Å². The molecule has 0 atom stereocenters. The van der Waals surface area contributed by atoms with Gasteiger partial charge in [0.05, 0.1) is 10.0 Å². The number of ketones is 1. The molecule has 0 bridgehead atoms. The summed E-state index contributed by atoms with van der Waals surface area (Å²) in [7, 11) is 0. The number of carbonyl (C=O) groups excluding carboxylic acids is 2. The summed E-state index contributed by atoms with van der Waals surface area (Å²) in [5.74, 6) is -1.55. The Balaban J connectivity index is 3.25. The van der Waals surface area contributed by atoms with Crippen LogP contribution in [0, 0.1) is 5.82 Å². The van der Waals surface area contributed by atoms with Crippen molar-refractivity contribution in [1.82, 2.24) is 0 Å². The predicted octanol–water partition coefficient (Wildman–Crippen LogP) is 1.97. The van der Waals surface area contributed by atoms with Crippen LogP contribution in [0.3, 0.4) is 0 Å². The molecule has 0 aliphatic carbocycles. The third-order valence-electron chi connectivity index (χ3n) is 1.32. The lowest BCUT2D eigenvalue weighted by Crippen LogP contribution is -2.03. The summed E-state index contributed by atoms with van der Waals surface area (Å²) in [6, 6.07) is 4.21. The normalized spacial score (nSPS) is 9.50. The first kappa shape index (κ1) is 9.06. The van der Waals surface area contributed by atoms with Gasteiger partial charge in [0.15, 0.2) is 6.29 Å². The zero-order valence-corrected chi connectivity index (χ0v) is 7.47. The minimum Gasteiger partial charge on any atom is -0.294 e. The Morgan fingerprint density at radius 3 is 2.75 bits per heavy atom. The van der Waals surface area contributed by atoms with Crippen molar-refractivity contribution < 1.29 is 14.0 Å². The molecule has 1 aromatic rings. The third-order valence-corrected chi connectivity index (χ3v) is 1.94. The van der Waals surface area contributed by atoms with E-state index in [0.717, 1.165) is 0 Å². The Kier molecular flexibility index (Phi) is 2.70. The molecule has 1 aromatic carbocycles. The number of hydrogen-bond donors (Lipinski definition) is 0. The number of halogens is 2. The highest BCUT2D eigenvalue weighted by molar-refractivity contribution is 9.10. The van der Waals surface area contributed by atoms with E-state index >= 15 is 0 Å². The molecule has 0 amide bonds.